The number of hydrogen-bond acceptors (Lipinski definition) is 1. The smallest absolute Gasteiger partial charge is 0.0689 e. The zero-order valence-corrected chi connectivity index (χ0v) is 6.43. The lowest BCUT2D eigenvalue weighted by Gasteiger charge is -2.26. The Morgan fingerprint density at radius 2 is 2.20 bits per heavy atom. The van der Waals surface area contributed by atoms with E-state index in [2.05, 4.69) is 13.0 Å². The molecule has 0 radical (unpaired) electrons. The van der Waals surface area contributed by atoms with E-state index in [9.17, 15) is 0 Å². The molecule has 0 heterocycles. The van der Waals surface area contributed by atoms with Crippen molar-refractivity contribution < 1.29 is 0 Å². The van der Waals surface area contributed by atoms with Gasteiger partial charge in [0.1, 0.15) is 0 Å². The van der Waals surface area contributed by atoms with E-state index in [0.717, 1.165) is 11.8 Å². The fourth-order valence-electron chi connectivity index (χ4n) is 2.06. The number of rotatable bonds is 1. The van der Waals surface area contributed by atoms with Gasteiger partial charge in [-0.25, -0.2) is 0 Å². The van der Waals surface area contributed by atoms with Crippen LogP contribution in [0.15, 0.2) is 0 Å². The van der Waals surface area contributed by atoms with Gasteiger partial charge in [-0.3, -0.25) is 0 Å². The largest absolute Gasteiger partial charge is 0.198 e. The molecule has 1 nitrogen and oxygen atoms in total. The third kappa shape index (κ3) is 0.683. The van der Waals surface area contributed by atoms with Gasteiger partial charge in [0.15, 0.2) is 0 Å². The van der Waals surface area contributed by atoms with Crippen LogP contribution in [0.5, 0.6) is 0 Å². The number of nitriles is 1. The molecule has 2 unspecified atom stereocenters. The molecule has 2 saturated carbocycles. The van der Waals surface area contributed by atoms with E-state index in [1.54, 1.807) is 0 Å². The summed E-state index contributed by atoms with van der Waals surface area (Å²) in [4.78, 5) is 0. The summed E-state index contributed by atoms with van der Waals surface area (Å²) in [6.45, 7) is 2.11. The molecular weight excluding hydrogens is 122 g/mol. The molecule has 54 valence electrons. The Bertz CT molecular complexity index is 187. The maximum atomic E-state index is 8.75. The van der Waals surface area contributed by atoms with Crippen LogP contribution in [0.3, 0.4) is 0 Å². The summed E-state index contributed by atoms with van der Waals surface area (Å²) in [7, 11) is 0. The predicted molar refractivity (Wildman–Crippen MR) is 39.2 cm³/mol. The summed E-state index contributed by atoms with van der Waals surface area (Å²) in [6, 6.07) is 2.41. The average Bonchev–Trinajstić information content (AvgIpc) is 2.41. The van der Waals surface area contributed by atoms with Crippen LogP contribution in [0.25, 0.3) is 0 Å². The van der Waals surface area contributed by atoms with Gasteiger partial charge in [-0.2, -0.15) is 5.26 Å². The van der Waals surface area contributed by atoms with E-state index in [-0.39, 0.29) is 5.41 Å². The van der Waals surface area contributed by atoms with Gasteiger partial charge < -0.3 is 0 Å². The fourth-order valence-corrected chi connectivity index (χ4v) is 2.06. The van der Waals surface area contributed by atoms with Crippen molar-refractivity contribution >= 4 is 0 Å². The minimum Gasteiger partial charge on any atom is -0.198 e. The second kappa shape index (κ2) is 1.75. The molecule has 0 spiro atoms. The van der Waals surface area contributed by atoms with Gasteiger partial charge in [-0.1, -0.05) is 19.3 Å². The zero-order chi connectivity index (χ0) is 7.19. The lowest BCUT2D eigenvalue weighted by molar-refractivity contribution is 0.257. The van der Waals surface area contributed by atoms with Crippen molar-refractivity contribution in [3.8, 4) is 6.07 Å². The van der Waals surface area contributed by atoms with Gasteiger partial charge >= 0.3 is 0 Å². The van der Waals surface area contributed by atoms with Gasteiger partial charge in [0.2, 0.25) is 0 Å². The standard InChI is InChI=1S/C9H13N/c1-9(6-10)5-8(9)7-3-2-4-7/h7-8H,2-5H2,1H3. The van der Waals surface area contributed by atoms with E-state index >= 15 is 0 Å². The minimum absolute atomic E-state index is 0.0884. The van der Waals surface area contributed by atoms with Crippen molar-refractivity contribution in [1.29, 1.82) is 5.26 Å². The van der Waals surface area contributed by atoms with Crippen LogP contribution in [-0.4, -0.2) is 0 Å². The first-order chi connectivity index (χ1) is 4.76. The Morgan fingerprint density at radius 3 is 2.50 bits per heavy atom. The predicted octanol–water partition coefficient (Wildman–Crippen LogP) is 2.34. The highest BCUT2D eigenvalue weighted by molar-refractivity contribution is 5.15. The molecule has 0 aromatic heterocycles. The monoisotopic (exact) mass is 135 g/mol. The lowest BCUT2D eigenvalue weighted by atomic mass is 9.79. The molecule has 2 fully saturated rings. The van der Waals surface area contributed by atoms with E-state index < -0.39 is 0 Å². The molecule has 2 aliphatic carbocycles. The topological polar surface area (TPSA) is 23.8 Å². The van der Waals surface area contributed by atoms with Crippen LogP contribution >= 0.6 is 0 Å². The van der Waals surface area contributed by atoms with Crippen LogP contribution in [0, 0.1) is 28.6 Å². The normalized spacial score (nSPS) is 45.8. The van der Waals surface area contributed by atoms with Gasteiger partial charge in [-0.05, 0) is 25.2 Å². The Labute approximate surface area is 62.0 Å². The van der Waals surface area contributed by atoms with Crippen LogP contribution in [0.1, 0.15) is 32.6 Å². The summed E-state index contributed by atoms with van der Waals surface area (Å²) in [5.41, 5.74) is 0.0884. The first-order valence-corrected chi connectivity index (χ1v) is 4.17. The molecule has 0 amide bonds. The minimum atomic E-state index is 0.0884. The first-order valence-electron chi connectivity index (χ1n) is 4.17. The molecule has 0 N–H and O–H groups in total. The van der Waals surface area contributed by atoms with Crippen LogP contribution < -0.4 is 0 Å². The molecule has 0 aromatic rings. The first kappa shape index (κ1) is 6.22. The second-order valence-corrected chi connectivity index (χ2v) is 4.03. The third-order valence-corrected chi connectivity index (χ3v) is 3.28. The van der Waals surface area contributed by atoms with Crippen LogP contribution in [0.4, 0.5) is 0 Å². The fraction of sp³-hybridized carbons (Fsp3) is 0.889. The van der Waals surface area contributed by atoms with Crippen molar-refractivity contribution in [1.82, 2.24) is 0 Å². The summed E-state index contributed by atoms with van der Waals surface area (Å²) in [5, 5.41) is 8.75. The maximum Gasteiger partial charge on any atom is 0.0689 e. The molecule has 2 rings (SSSR count). The van der Waals surface area contributed by atoms with Crippen molar-refractivity contribution in [2.75, 3.05) is 0 Å². The summed E-state index contributed by atoms with van der Waals surface area (Å²) < 4.78 is 0. The summed E-state index contributed by atoms with van der Waals surface area (Å²) in [6.07, 6.45) is 5.36. The lowest BCUT2D eigenvalue weighted by Crippen LogP contribution is -2.16. The highest BCUT2D eigenvalue weighted by atomic mass is 14.6. The van der Waals surface area contributed by atoms with Crippen LogP contribution in [-0.2, 0) is 0 Å². The van der Waals surface area contributed by atoms with E-state index in [1.807, 2.05) is 0 Å². The van der Waals surface area contributed by atoms with Gasteiger partial charge in [0, 0.05) is 0 Å². The quantitative estimate of drug-likeness (QED) is 0.541. The zero-order valence-electron chi connectivity index (χ0n) is 6.43. The molecule has 0 aliphatic heterocycles. The summed E-state index contributed by atoms with van der Waals surface area (Å²) in [5.74, 6) is 1.69. The summed E-state index contributed by atoms with van der Waals surface area (Å²) >= 11 is 0. The van der Waals surface area contributed by atoms with E-state index in [1.165, 1.54) is 25.7 Å². The molecule has 2 aliphatic rings. The highest BCUT2D eigenvalue weighted by Gasteiger charge is 2.55. The molecule has 2 atom stereocenters. The molecule has 0 bridgehead atoms. The van der Waals surface area contributed by atoms with Crippen molar-refractivity contribution in [2.45, 2.75) is 32.6 Å². The third-order valence-electron chi connectivity index (χ3n) is 3.28. The number of nitrogens with zero attached hydrogens (tertiary/aromatic N) is 1. The Hall–Kier alpha value is -0.510. The molecule has 10 heavy (non-hydrogen) atoms. The SMILES string of the molecule is CC1(C#N)CC1C1CCC1. The average molecular weight is 135 g/mol. The van der Waals surface area contributed by atoms with E-state index in [0.29, 0.717) is 0 Å². The molecule has 0 aromatic carbocycles. The molecule has 0 saturated heterocycles. The molecule has 1 heteroatoms. The van der Waals surface area contributed by atoms with Gasteiger partial charge in [0.05, 0.1) is 11.5 Å². The Balaban J connectivity index is 1.95. The van der Waals surface area contributed by atoms with Gasteiger partial charge in [-0.15, -0.1) is 0 Å². The van der Waals surface area contributed by atoms with E-state index in [4.69, 9.17) is 5.26 Å². The maximum absolute atomic E-state index is 8.75. The molecular formula is C9H13N. The Morgan fingerprint density at radius 1 is 1.50 bits per heavy atom. The second-order valence-electron chi connectivity index (χ2n) is 4.03. The Kier molecular flexibility index (Phi) is 1.09. The van der Waals surface area contributed by atoms with Crippen LogP contribution in [0.2, 0.25) is 0 Å². The highest BCUT2D eigenvalue weighted by Crippen LogP contribution is 2.60. The van der Waals surface area contributed by atoms with Crippen molar-refractivity contribution in [3.63, 3.8) is 0 Å². The van der Waals surface area contributed by atoms with Crippen molar-refractivity contribution in [3.05, 3.63) is 0 Å². The number of hydrogen-bond donors (Lipinski definition) is 0. The van der Waals surface area contributed by atoms with Crippen molar-refractivity contribution in [2.24, 2.45) is 17.3 Å². The van der Waals surface area contributed by atoms with Gasteiger partial charge in [0.25, 0.3) is 0 Å².